The number of rotatable bonds is 3. The van der Waals surface area contributed by atoms with Crippen molar-refractivity contribution in [2.75, 3.05) is 13.1 Å². The molecule has 118 valence electrons. The highest BCUT2D eigenvalue weighted by molar-refractivity contribution is 5.78. The lowest BCUT2D eigenvalue weighted by molar-refractivity contribution is -0.148. The first-order valence-corrected chi connectivity index (χ1v) is 8.40. The fourth-order valence-electron chi connectivity index (χ4n) is 4.52. The van der Waals surface area contributed by atoms with Crippen molar-refractivity contribution in [1.29, 1.82) is 0 Å². The van der Waals surface area contributed by atoms with E-state index in [0.29, 0.717) is 24.8 Å². The van der Waals surface area contributed by atoms with Crippen LogP contribution in [-0.4, -0.2) is 41.1 Å². The summed E-state index contributed by atoms with van der Waals surface area (Å²) in [5.41, 5.74) is -0.721. The Morgan fingerprint density at radius 1 is 1.10 bits per heavy atom. The van der Waals surface area contributed by atoms with Gasteiger partial charge in [-0.1, -0.05) is 25.7 Å². The van der Waals surface area contributed by atoms with E-state index in [2.05, 4.69) is 5.32 Å². The molecule has 3 aliphatic rings. The number of carbonyl (C=O) groups excluding carboxylic acids is 1. The highest BCUT2D eigenvalue weighted by atomic mass is 16.4. The van der Waals surface area contributed by atoms with Gasteiger partial charge in [0.15, 0.2) is 0 Å². The summed E-state index contributed by atoms with van der Waals surface area (Å²) in [7, 11) is 0. The first-order valence-electron chi connectivity index (χ1n) is 8.40. The maximum atomic E-state index is 12.4. The van der Waals surface area contributed by atoms with E-state index >= 15 is 0 Å². The first-order chi connectivity index (χ1) is 10.1. The van der Waals surface area contributed by atoms with Crippen molar-refractivity contribution in [3.8, 4) is 0 Å². The lowest BCUT2D eigenvalue weighted by Crippen LogP contribution is -2.49. The van der Waals surface area contributed by atoms with Crippen LogP contribution in [0.1, 0.15) is 57.8 Å². The molecule has 0 spiro atoms. The summed E-state index contributed by atoms with van der Waals surface area (Å²) in [5.74, 6) is -0.0818. The third-order valence-corrected chi connectivity index (χ3v) is 5.86. The summed E-state index contributed by atoms with van der Waals surface area (Å²) in [4.78, 5) is 25.9. The van der Waals surface area contributed by atoms with Gasteiger partial charge in [-0.2, -0.15) is 0 Å². The van der Waals surface area contributed by atoms with Crippen LogP contribution in [0.2, 0.25) is 0 Å². The van der Waals surface area contributed by atoms with Gasteiger partial charge in [0.05, 0.1) is 5.41 Å². The molecule has 0 radical (unpaired) electrons. The van der Waals surface area contributed by atoms with Crippen LogP contribution in [0.4, 0.5) is 4.79 Å². The van der Waals surface area contributed by atoms with Crippen LogP contribution in [0, 0.1) is 11.3 Å². The van der Waals surface area contributed by atoms with Gasteiger partial charge in [0.1, 0.15) is 0 Å². The number of carboxylic acid groups (broad SMARTS) is 1. The van der Waals surface area contributed by atoms with Crippen LogP contribution in [0.5, 0.6) is 0 Å². The number of hydrogen-bond acceptors (Lipinski definition) is 2. The molecule has 5 heteroatoms. The Morgan fingerprint density at radius 3 is 2.52 bits per heavy atom. The summed E-state index contributed by atoms with van der Waals surface area (Å²) in [5, 5.41) is 12.4. The largest absolute Gasteiger partial charge is 0.481 e. The minimum Gasteiger partial charge on any atom is -0.481 e. The molecule has 1 saturated heterocycles. The van der Waals surface area contributed by atoms with Crippen molar-refractivity contribution >= 4 is 12.0 Å². The van der Waals surface area contributed by atoms with Crippen LogP contribution in [0.25, 0.3) is 0 Å². The lowest BCUT2D eigenvalue weighted by atomic mass is 9.85. The molecular formula is C16H26N2O3. The van der Waals surface area contributed by atoms with Crippen LogP contribution in [0.3, 0.4) is 0 Å². The number of nitrogens with zero attached hydrogens (tertiary/aromatic N) is 1. The molecule has 5 nitrogen and oxygen atoms in total. The number of carbonyl (C=O) groups is 2. The van der Waals surface area contributed by atoms with Crippen molar-refractivity contribution in [3.05, 3.63) is 0 Å². The van der Waals surface area contributed by atoms with Gasteiger partial charge in [-0.25, -0.2) is 4.79 Å². The van der Waals surface area contributed by atoms with E-state index in [1.54, 1.807) is 0 Å². The molecule has 0 bridgehead atoms. The van der Waals surface area contributed by atoms with E-state index in [1.165, 1.54) is 19.3 Å². The smallest absolute Gasteiger partial charge is 0.317 e. The summed E-state index contributed by atoms with van der Waals surface area (Å²) in [6.07, 6.45) is 9.26. The van der Waals surface area contributed by atoms with Gasteiger partial charge in [-0.05, 0) is 38.0 Å². The second kappa shape index (κ2) is 5.85. The van der Waals surface area contributed by atoms with Crippen molar-refractivity contribution in [3.63, 3.8) is 0 Å². The average molecular weight is 294 g/mol. The Bertz CT molecular complexity index is 418. The predicted octanol–water partition coefficient (Wildman–Crippen LogP) is 2.61. The first kappa shape index (κ1) is 14.7. The molecule has 2 saturated carbocycles. The molecule has 1 heterocycles. The van der Waals surface area contributed by atoms with E-state index in [4.69, 9.17) is 0 Å². The third kappa shape index (κ3) is 2.74. The number of aliphatic carboxylic acids is 1. The second-order valence-electron chi connectivity index (χ2n) is 7.05. The number of carboxylic acids is 1. The summed E-state index contributed by atoms with van der Waals surface area (Å²) in [6.45, 7) is 1.12. The lowest BCUT2D eigenvalue weighted by Gasteiger charge is -2.33. The number of nitrogens with one attached hydrogen (secondary N) is 1. The molecule has 0 aromatic carbocycles. The highest BCUT2D eigenvalue weighted by Gasteiger charge is 2.43. The van der Waals surface area contributed by atoms with E-state index in [-0.39, 0.29) is 12.6 Å². The second-order valence-corrected chi connectivity index (χ2v) is 7.05. The maximum absolute atomic E-state index is 12.4. The number of amides is 2. The molecule has 0 aromatic rings. The van der Waals surface area contributed by atoms with E-state index in [1.807, 2.05) is 4.90 Å². The number of likely N-dealkylation sites (tertiary alicyclic amines) is 1. The minimum atomic E-state index is -0.753. The third-order valence-electron chi connectivity index (χ3n) is 5.86. The van der Waals surface area contributed by atoms with Gasteiger partial charge in [0.2, 0.25) is 0 Å². The van der Waals surface area contributed by atoms with E-state index in [9.17, 15) is 14.7 Å². The monoisotopic (exact) mass is 294 g/mol. The fraction of sp³-hybridized carbons (Fsp3) is 0.875. The highest BCUT2D eigenvalue weighted by Crippen LogP contribution is 2.39. The Kier molecular flexibility index (Phi) is 4.09. The predicted molar refractivity (Wildman–Crippen MR) is 79.0 cm³/mol. The van der Waals surface area contributed by atoms with Crippen molar-refractivity contribution < 1.29 is 14.7 Å². The van der Waals surface area contributed by atoms with Crippen molar-refractivity contribution in [1.82, 2.24) is 10.2 Å². The molecule has 21 heavy (non-hydrogen) atoms. The van der Waals surface area contributed by atoms with Gasteiger partial charge in [0.25, 0.3) is 0 Å². The van der Waals surface area contributed by atoms with Crippen LogP contribution < -0.4 is 5.32 Å². The molecule has 1 aliphatic heterocycles. The molecule has 2 N–H and O–H groups in total. The van der Waals surface area contributed by atoms with Gasteiger partial charge in [-0.15, -0.1) is 0 Å². The zero-order valence-corrected chi connectivity index (χ0v) is 12.6. The van der Waals surface area contributed by atoms with Gasteiger partial charge < -0.3 is 15.3 Å². The number of fused-ring (bicyclic) bond motifs is 1. The molecular weight excluding hydrogens is 268 g/mol. The maximum Gasteiger partial charge on any atom is 0.317 e. The molecule has 2 amide bonds. The van der Waals surface area contributed by atoms with E-state index in [0.717, 1.165) is 32.2 Å². The quantitative estimate of drug-likeness (QED) is 0.840. The molecule has 3 fully saturated rings. The average Bonchev–Trinajstić information content (AvgIpc) is 3.12. The fourth-order valence-corrected chi connectivity index (χ4v) is 4.52. The Balaban J connectivity index is 1.58. The van der Waals surface area contributed by atoms with Gasteiger partial charge in [-0.3, -0.25) is 4.79 Å². The molecule has 2 aliphatic carbocycles. The minimum absolute atomic E-state index is 0.0445. The molecule has 3 rings (SSSR count). The molecule has 2 unspecified atom stereocenters. The summed E-state index contributed by atoms with van der Waals surface area (Å²) < 4.78 is 0. The Labute approximate surface area is 126 Å². The molecule has 0 aromatic heterocycles. The van der Waals surface area contributed by atoms with Gasteiger partial charge in [0, 0.05) is 19.1 Å². The number of urea groups is 1. The SMILES string of the molecule is O=C(NCC1(C(=O)O)CCCC1)N1CCC2CCCCC21. The zero-order chi connectivity index (χ0) is 14.9. The van der Waals surface area contributed by atoms with Gasteiger partial charge >= 0.3 is 12.0 Å². The van der Waals surface area contributed by atoms with Crippen LogP contribution in [0.15, 0.2) is 0 Å². The van der Waals surface area contributed by atoms with Crippen molar-refractivity contribution in [2.45, 2.75) is 63.8 Å². The summed E-state index contributed by atoms with van der Waals surface area (Å²) in [6, 6.07) is 0.347. The normalized spacial score (nSPS) is 31.0. The number of hydrogen-bond donors (Lipinski definition) is 2. The topological polar surface area (TPSA) is 69.6 Å². The summed E-state index contributed by atoms with van der Waals surface area (Å²) >= 11 is 0. The van der Waals surface area contributed by atoms with Crippen LogP contribution >= 0.6 is 0 Å². The standard InChI is InChI=1S/C16H26N2O3/c19-14(20)16(8-3-4-9-16)11-17-15(21)18-10-7-12-5-1-2-6-13(12)18/h12-13H,1-11H2,(H,17,21)(H,19,20). The molecule has 2 atom stereocenters. The Hall–Kier alpha value is -1.26. The Morgan fingerprint density at radius 2 is 1.81 bits per heavy atom. The van der Waals surface area contributed by atoms with Crippen molar-refractivity contribution in [2.24, 2.45) is 11.3 Å². The van der Waals surface area contributed by atoms with E-state index < -0.39 is 11.4 Å². The van der Waals surface area contributed by atoms with Crippen LogP contribution in [-0.2, 0) is 4.79 Å². The zero-order valence-electron chi connectivity index (χ0n) is 12.6.